The van der Waals surface area contributed by atoms with E-state index in [0.717, 1.165) is 5.56 Å². The molecule has 1 amide bonds. The molecule has 5 nitrogen and oxygen atoms in total. The summed E-state index contributed by atoms with van der Waals surface area (Å²) in [4.78, 5) is 27.1. The number of amides is 1. The van der Waals surface area contributed by atoms with Gasteiger partial charge in [-0.05, 0) is 48.9 Å². The standard InChI is InChI=1S/C24H18FNO4/c1-14-5-7-15(8-6-14)22(28)20-21(16-3-2-4-17(25)13-16)26(24(30)23(20)29)18-9-11-19(27)12-10-18/h2-13,21,27-28H,1H3/b22-20-. The lowest BCUT2D eigenvalue weighted by molar-refractivity contribution is -0.132. The van der Waals surface area contributed by atoms with Crippen LogP contribution in [0.25, 0.3) is 5.76 Å². The van der Waals surface area contributed by atoms with Crippen LogP contribution in [0.15, 0.2) is 78.4 Å². The first-order valence-electron chi connectivity index (χ1n) is 9.29. The normalized spacial score (nSPS) is 18.1. The molecule has 3 aromatic carbocycles. The number of phenols is 1. The zero-order valence-electron chi connectivity index (χ0n) is 16.0. The minimum Gasteiger partial charge on any atom is -0.508 e. The fourth-order valence-electron chi connectivity index (χ4n) is 3.57. The highest BCUT2D eigenvalue weighted by Gasteiger charge is 2.47. The van der Waals surface area contributed by atoms with Crippen LogP contribution in [0.1, 0.15) is 22.7 Å². The second-order valence-corrected chi connectivity index (χ2v) is 7.11. The molecule has 2 N–H and O–H groups in total. The van der Waals surface area contributed by atoms with E-state index in [2.05, 4.69) is 0 Å². The third-order valence-corrected chi connectivity index (χ3v) is 5.06. The molecule has 0 saturated carbocycles. The van der Waals surface area contributed by atoms with E-state index in [4.69, 9.17) is 0 Å². The maximum absolute atomic E-state index is 14.0. The van der Waals surface area contributed by atoms with Gasteiger partial charge in [0.15, 0.2) is 0 Å². The summed E-state index contributed by atoms with van der Waals surface area (Å²) in [5.41, 5.74) is 1.91. The Kier molecular flexibility index (Phi) is 4.83. The van der Waals surface area contributed by atoms with Crippen LogP contribution in [0, 0.1) is 12.7 Å². The van der Waals surface area contributed by atoms with Gasteiger partial charge in [0.25, 0.3) is 11.7 Å². The number of nitrogens with zero attached hydrogens (tertiary/aromatic N) is 1. The van der Waals surface area contributed by atoms with Crippen LogP contribution in [0.5, 0.6) is 5.75 Å². The summed E-state index contributed by atoms with van der Waals surface area (Å²) < 4.78 is 14.0. The zero-order chi connectivity index (χ0) is 21.4. The molecule has 0 aromatic heterocycles. The molecule has 0 bridgehead atoms. The minimum atomic E-state index is -1.02. The van der Waals surface area contributed by atoms with E-state index in [-0.39, 0.29) is 17.1 Å². The first-order chi connectivity index (χ1) is 14.4. The van der Waals surface area contributed by atoms with Gasteiger partial charge in [0.1, 0.15) is 17.3 Å². The van der Waals surface area contributed by atoms with Crippen molar-refractivity contribution in [2.24, 2.45) is 0 Å². The number of rotatable bonds is 3. The molecule has 4 rings (SSSR count). The van der Waals surface area contributed by atoms with E-state index in [1.165, 1.54) is 47.4 Å². The van der Waals surface area contributed by atoms with E-state index in [9.17, 15) is 24.2 Å². The number of benzene rings is 3. The number of carbonyl (C=O) groups is 2. The molecule has 30 heavy (non-hydrogen) atoms. The molecule has 1 fully saturated rings. The van der Waals surface area contributed by atoms with Crippen LogP contribution in [0.4, 0.5) is 10.1 Å². The maximum Gasteiger partial charge on any atom is 0.300 e. The Hall–Kier alpha value is -3.93. The van der Waals surface area contributed by atoms with Crippen molar-refractivity contribution in [1.29, 1.82) is 0 Å². The summed E-state index contributed by atoms with van der Waals surface area (Å²) in [6, 6.07) is 17.1. The van der Waals surface area contributed by atoms with Gasteiger partial charge in [-0.15, -0.1) is 0 Å². The second-order valence-electron chi connectivity index (χ2n) is 7.11. The number of aliphatic hydroxyl groups is 1. The molecule has 3 aromatic rings. The van der Waals surface area contributed by atoms with Crippen molar-refractivity contribution in [2.45, 2.75) is 13.0 Å². The van der Waals surface area contributed by atoms with Crippen molar-refractivity contribution in [3.05, 3.63) is 101 Å². The predicted octanol–water partition coefficient (Wildman–Crippen LogP) is 4.47. The summed E-state index contributed by atoms with van der Waals surface area (Å²) >= 11 is 0. The first kappa shape index (κ1) is 19.4. The predicted molar refractivity (Wildman–Crippen MR) is 110 cm³/mol. The number of carbonyl (C=O) groups excluding carboxylic acids is 2. The number of aromatic hydroxyl groups is 1. The molecular formula is C24H18FNO4. The molecule has 1 atom stereocenters. The van der Waals surface area contributed by atoms with Crippen molar-refractivity contribution in [2.75, 3.05) is 4.90 Å². The lowest BCUT2D eigenvalue weighted by Crippen LogP contribution is -2.29. The van der Waals surface area contributed by atoms with Crippen LogP contribution >= 0.6 is 0 Å². The fourth-order valence-corrected chi connectivity index (χ4v) is 3.57. The molecule has 1 aliphatic rings. The highest BCUT2D eigenvalue weighted by Crippen LogP contribution is 2.42. The van der Waals surface area contributed by atoms with Gasteiger partial charge < -0.3 is 10.2 Å². The number of anilines is 1. The number of aliphatic hydroxyl groups excluding tert-OH is 1. The molecule has 150 valence electrons. The Morgan fingerprint density at radius 2 is 1.63 bits per heavy atom. The number of Topliss-reactive ketones (excluding diaryl/α,β-unsaturated/α-hetero) is 1. The SMILES string of the molecule is Cc1ccc(/C(O)=C2/C(=O)C(=O)N(c3ccc(O)cc3)C2c2cccc(F)c2)cc1. The average Bonchev–Trinajstić information content (AvgIpc) is 3.00. The molecule has 1 unspecified atom stereocenters. The monoisotopic (exact) mass is 403 g/mol. The first-order valence-corrected chi connectivity index (χ1v) is 9.29. The highest BCUT2D eigenvalue weighted by molar-refractivity contribution is 6.51. The van der Waals surface area contributed by atoms with Crippen molar-refractivity contribution in [3.63, 3.8) is 0 Å². The van der Waals surface area contributed by atoms with Crippen molar-refractivity contribution in [3.8, 4) is 5.75 Å². The van der Waals surface area contributed by atoms with E-state index >= 15 is 0 Å². The molecular weight excluding hydrogens is 385 g/mol. The van der Waals surface area contributed by atoms with Gasteiger partial charge in [0.05, 0.1) is 11.6 Å². The summed E-state index contributed by atoms with van der Waals surface area (Å²) in [7, 11) is 0. The molecule has 1 aliphatic heterocycles. The number of hydrogen-bond donors (Lipinski definition) is 2. The van der Waals surface area contributed by atoms with Gasteiger partial charge in [-0.1, -0.05) is 42.0 Å². The number of aryl methyl sites for hydroxylation is 1. The Bertz CT molecular complexity index is 1170. The molecule has 1 saturated heterocycles. The van der Waals surface area contributed by atoms with E-state index < -0.39 is 23.5 Å². The Morgan fingerprint density at radius 1 is 0.967 bits per heavy atom. The third kappa shape index (κ3) is 3.33. The number of hydrogen-bond acceptors (Lipinski definition) is 4. The van der Waals surface area contributed by atoms with Gasteiger partial charge in [0, 0.05) is 11.3 Å². The summed E-state index contributed by atoms with van der Waals surface area (Å²) in [6.07, 6.45) is 0. The van der Waals surface area contributed by atoms with Crippen LogP contribution in [0.3, 0.4) is 0 Å². The molecule has 1 heterocycles. The van der Waals surface area contributed by atoms with E-state index in [1.807, 2.05) is 6.92 Å². The van der Waals surface area contributed by atoms with Gasteiger partial charge in [-0.3, -0.25) is 14.5 Å². The Labute approximate surface area is 172 Å². The fraction of sp³-hybridized carbons (Fsp3) is 0.0833. The smallest absolute Gasteiger partial charge is 0.300 e. The summed E-state index contributed by atoms with van der Waals surface area (Å²) in [5.74, 6) is -2.57. The van der Waals surface area contributed by atoms with Gasteiger partial charge in [0.2, 0.25) is 0 Å². The molecule has 0 spiro atoms. The Morgan fingerprint density at radius 3 is 2.27 bits per heavy atom. The van der Waals surface area contributed by atoms with Crippen LogP contribution in [-0.4, -0.2) is 21.9 Å². The lowest BCUT2D eigenvalue weighted by Gasteiger charge is -2.25. The molecule has 6 heteroatoms. The van der Waals surface area contributed by atoms with Gasteiger partial charge in [-0.25, -0.2) is 4.39 Å². The molecule has 0 aliphatic carbocycles. The number of ketones is 1. The van der Waals surface area contributed by atoms with Crippen LogP contribution < -0.4 is 4.90 Å². The summed E-state index contributed by atoms with van der Waals surface area (Å²) in [5, 5.41) is 20.5. The lowest BCUT2D eigenvalue weighted by atomic mass is 9.95. The van der Waals surface area contributed by atoms with Crippen LogP contribution in [-0.2, 0) is 9.59 Å². The summed E-state index contributed by atoms with van der Waals surface area (Å²) in [6.45, 7) is 1.89. The topological polar surface area (TPSA) is 77.8 Å². The minimum absolute atomic E-state index is 0.00250. The highest BCUT2D eigenvalue weighted by atomic mass is 19.1. The van der Waals surface area contributed by atoms with E-state index in [0.29, 0.717) is 16.8 Å². The zero-order valence-corrected chi connectivity index (χ0v) is 16.0. The maximum atomic E-state index is 14.0. The second kappa shape index (κ2) is 7.48. The van der Waals surface area contributed by atoms with Gasteiger partial charge >= 0.3 is 0 Å². The van der Waals surface area contributed by atoms with Crippen molar-refractivity contribution in [1.82, 2.24) is 0 Å². The van der Waals surface area contributed by atoms with Crippen LogP contribution in [0.2, 0.25) is 0 Å². The Balaban J connectivity index is 1.95. The third-order valence-electron chi connectivity index (χ3n) is 5.06. The van der Waals surface area contributed by atoms with Crippen molar-refractivity contribution >= 4 is 23.1 Å². The number of halogens is 1. The largest absolute Gasteiger partial charge is 0.508 e. The number of phenolic OH excluding ortho intramolecular Hbond substituents is 1. The van der Waals surface area contributed by atoms with Gasteiger partial charge in [-0.2, -0.15) is 0 Å². The quantitative estimate of drug-likeness (QED) is 0.384. The average molecular weight is 403 g/mol. The van der Waals surface area contributed by atoms with E-state index in [1.54, 1.807) is 30.3 Å². The molecule has 0 radical (unpaired) electrons. The van der Waals surface area contributed by atoms with Crippen molar-refractivity contribution < 1.29 is 24.2 Å².